The Morgan fingerprint density at radius 1 is 1.42 bits per heavy atom. The number of nitrogens with one attached hydrogen (secondary N) is 1. The van der Waals surface area contributed by atoms with Gasteiger partial charge in [-0.2, -0.15) is 0 Å². The van der Waals surface area contributed by atoms with Gasteiger partial charge in [-0.25, -0.2) is 4.39 Å². The molecule has 0 spiro atoms. The Kier molecular flexibility index (Phi) is 6.57. The van der Waals surface area contributed by atoms with Gasteiger partial charge in [0.25, 0.3) is 0 Å². The zero-order valence-corrected chi connectivity index (χ0v) is 12.1. The number of hydrogen-bond acceptors (Lipinski definition) is 2. The summed E-state index contributed by atoms with van der Waals surface area (Å²) in [5.41, 5.74) is 1.71. The molecule has 1 rings (SSSR count). The van der Waals surface area contributed by atoms with Crippen LogP contribution in [0.4, 0.5) is 4.39 Å². The lowest BCUT2D eigenvalue weighted by atomic mass is 9.97. The second-order valence-electron chi connectivity index (χ2n) is 4.67. The lowest BCUT2D eigenvalue weighted by Crippen LogP contribution is -2.24. The fraction of sp³-hybridized carbons (Fsp3) is 0.500. The SMILES string of the molecule is C=C(CC)CC(NCCC)c1c(F)cccc1OC. The Labute approximate surface area is 115 Å². The van der Waals surface area contributed by atoms with E-state index in [0.29, 0.717) is 11.3 Å². The van der Waals surface area contributed by atoms with Crippen LogP contribution >= 0.6 is 0 Å². The molecule has 19 heavy (non-hydrogen) atoms. The molecule has 3 heteroatoms. The van der Waals surface area contributed by atoms with Crippen LogP contribution < -0.4 is 10.1 Å². The molecule has 1 aromatic rings. The van der Waals surface area contributed by atoms with Crippen LogP contribution in [0.2, 0.25) is 0 Å². The van der Waals surface area contributed by atoms with E-state index in [1.54, 1.807) is 19.2 Å². The van der Waals surface area contributed by atoms with E-state index < -0.39 is 0 Å². The summed E-state index contributed by atoms with van der Waals surface area (Å²) in [4.78, 5) is 0. The standard InChI is InChI=1S/C16H24FNO/c1-5-10-18-14(11-12(3)6-2)16-13(17)8-7-9-15(16)19-4/h7-9,14,18H,3,5-6,10-11H2,1-2,4H3. The zero-order valence-electron chi connectivity index (χ0n) is 12.1. The van der Waals surface area contributed by atoms with Gasteiger partial charge in [-0.05, 0) is 37.9 Å². The van der Waals surface area contributed by atoms with Crippen molar-refractivity contribution >= 4 is 0 Å². The third kappa shape index (κ3) is 4.35. The van der Waals surface area contributed by atoms with Crippen molar-refractivity contribution in [2.24, 2.45) is 0 Å². The number of methoxy groups -OCH3 is 1. The quantitative estimate of drug-likeness (QED) is 0.710. The van der Waals surface area contributed by atoms with Gasteiger partial charge in [0.1, 0.15) is 11.6 Å². The molecule has 1 atom stereocenters. The Hall–Kier alpha value is -1.35. The number of ether oxygens (including phenoxy) is 1. The molecule has 0 aliphatic heterocycles. The molecule has 0 bridgehead atoms. The van der Waals surface area contributed by atoms with Gasteiger partial charge in [-0.1, -0.05) is 32.1 Å². The maximum atomic E-state index is 14.1. The average molecular weight is 265 g/mol. The predicted molar refractivity (Wildman–Crippen MR) is 78.0 cm³/mol. The van der Waals surface area contributed by atoms with Gasteiger partial charge in [-0.3, -0.25) is 0 Å². The third-order valence-electron chi connectivity index (χ3n) is 3.21. The molecule has 1 unspecified atom stereocenters. The summed E-state index contributed by atoms with van der Waals surface area (Å²) in [5.74, 6) is 0.370. The monoisotopic (exact) mass is 265 g/mol. The summed E-state index contributed by atoms with van der Waals surface area (Å²) < 4.78 is 19.4. The fourth-order valence-corrected chi connectivity index (χ4v) is 2.06. The summed E-state index contributed by atoms with van der Waals surface area (Å²) in [7, 11) is 1.57. The van der Waals surface area contributed by atoms with Gasteiger partial charge < -0.3 is 10.1 Å². The van der Waals surface area contributed by atoms with Crippen LogP contribution in [0.25, 0.3) is 0 Å². The van der Waals surface area contributed by atoms with Crippen molar-refractivity contribution in [2.75, 3.05) is 13.7 Å². The molecular weight excluding hydrogens is 241 g/mol. The fourth-order valence-electron chi connectivity index (χ4n) is 2.06. The van der Waals surface area contributed by atoms with Crippen LogP contribution in [0.15, 0.2) is 30.4 Å². The van der Waals surface area contributed by atoms with Gasteiger partial charge in [0.15, 0.2) is 0 Å². The van der Waals surface area contributed by atoms with E-state index in [4.69, 9.17) is 4.74 Å². The van der Waals surface area contributed by atoms with Crippen molar-refractivity contribution in [2.45, 2.75) is 39.2 Å². The topological polar surface area (TPSA) is 21.3 Å². The molecule has 106 valence electrons. The van der Waals surface area contributed by atoms with E-state index >= 15 is 0 Å². The number of benzene rings is 1. The van der Waals surface area contributed by atoms with Crippen LogP contribution in [0.1, 0.15) is 44.7 Å². The van der Waals surface area contributed by atoms with Gasteiger partial charge >= 0.3 is 0 Å². The minimum absolute atomic E-state index is 0.0800. The van der Waals surface area contributed by atoms with Crippen molar-refractivity contribution in [1.29, 1.82) is 0 Å². The minimum Gasteiger partial charge on any atom is -0.496 e. The minimum atomic E-state index is -0.225. The second kappa shape index (κ2) is 7.95. The Morgan fingerprint density at radius 3 is 2.74 bits per heavy atom. The molecule has 0 saturated heterocycles. The van der Waals surface area contributed by atoms with Crippen molar-refractivity contribution < 1.29 is 9.13 Å². The van der Waals surface area contributed by atoms with Crippen molar-refractivity contribution in [3.8, 4) is 5.75 Å². The van der Waals surface area contributed by atoms with Crippen LogP contribution in [0.3, 0.4) is 0 Å². The lowest BCUT2D eigenvalue weighted by Gasteiger charge is -2.22. The highest BCUT2D eigenvalue weighted by Gasteiger charge is 2.20. The van der Waals surface area contributed by atoms with Gasteiger partial charge in [-0.15, -0.1) is 0 Å². The molecule has 0 aromatic heterocycles. The third-order valence-corrected chi connectivity index (χ3v) is 3.21. The maximum Gasteiger partial charge on any atom is 0.131 e. The first kappa shape index (κ1) is 15.7. The first-order valence-corrected chi connectivity index (χ1v) is 6.86. The summed E-state index contributed by atoms with van der Waals surface area (Å²) in [6.45, 7) is 9.04. The molecule has 0 radical (unpaired) electrons. The van der Waals surface area contributed by atoms with Crippen LogP contribution in [0, 0.1) is 5.82 Å². The summed E-state index contributed by atoms with van der Waals surface area (Å²) >= 11 is 0. The first-order valence-electron chi connectivity index (χ1n) is 6.86. The van der Waals surface area contributed by atoms with E-state index in [2.05, 4.69) is 25.7 Å². The van der Waals surface area contributed by atoms with Crippen LogP contribution in [-0.2, 0) is 0 Å². The van der Waals surface area contributed by atoms with E-state index in [0.717, 1.165) is 31.4 Å². The normalized spacial score (nSPS) is 12.2. The molecule has 1 aromatic carbocycles. The molecule has 0 aliphatic rings. The molecule has 0 heterocycles. The summed E-state index contributed by atoms with van der Waals surface area (Å²) in [6, 6.07) is 4.87. The van der Waals surface area contributed by atoms with E-state index in [9.17, 15) is 4.39 Å². The highest BCUT2D eigenvalue weighted by molar-refractivity contribution is 5.38. The molecular formula is C16H24FNO. The van der Waals surface area contributed by atoms with E-state index in [1.807, 2.05) is 0 Å². The van der Waals surface area contributed by atoms with E-state index in [1.165, 1.54) is 6.07 Å². The van der Waals surface area contributed by atoms with Crippen molar-refractivity contribution in [3.63, 3.8) is 0 Å². The zero-order chi connectivity index (χ0) is 14.3. The Balaban J connectivity index is 3.04. The molecule has 1 N–H and O–H groups in total. The number of halogens is 1. The number of rotatable bonds is 8. The molecule has 0 aliphatic carbocycles. The second-order valence-corrected chi connectivity index (χ2v) is 4.67. The number of hydrogen-bond donors (Lipinski definition) is 1. The average Bonchev–Trinajstić information content (AvgIpc) is 2.43. The smallest absolute Gasteiger partial charge is 0.131 e. The molecule has 0 amide bonds. The highest BCUT2D eigenvalue weighted by Crippen LogP contribution is 2.31. The Bertz CT molecular complexity index is 417. The maximum absolute atomic E-state index is 14.1. The van der Waals surface area contributed by atoms with Crippen LogP contribution in [-0.4, -0.2) is 13.7 Å². The lowest BCUT2D eigenvalue weighted by molar-refractivity contribution is 0.388. The van der Waals surface area contributed by atoms with Gasteiger partial charge in [0.2, 0.25) is 0 Å². The predicted octanol–water partition coefficient (Wildman–Crippen LogP) is 4.23. The van der Waals surface area contributed by atoms with Crippen LogP contribution in [0.5, 0.6) is 5.75 Å². The van der Waals surface area contributed by atoms with Crippen molar-refractivity contribution in [1.82, 2.24) is 5.32 Å². The van der Waals surface area contributed by atoms with Gasteiger partial charge in [0, 0.05) is 11.6 Å². The molecule has 2 nitrogen and oxygen atoms in total. The van der Waals surface area contributed by atoms with Crippen molar-refractivity contribution in [3.05, 3.63) is 41.7 Å². The largest absolute Gasteiger partial charge is 0.496 e. The molecule has 0 saturated carbocycles. The van der Waals surface area contributed by atoms with E-state index in [-0.39, 0.29) is 11.9 Å². The Morgan fingerprint density at radius 2 is 2.16 bits per heavy atom. The molecule has 0 fully saturated rings. The van der Waals surface area contributed by atoms with Gasteiger partial charge in [0.05, 0.1) is 7.11 Å². The summed E-state index contributed by atoms with van der Waals surface area (Å²) in [6.07, 6.45) is 2.64. The highest BCUT2D eigenvalue weighted by atomic mass is 19.1. The first-order chi connectivity index (χ1) is 9.13. The summed E-state index contributed by atoms with van der Waals surface area (Å²) in [5, 5.41) is 3.39.